The Hall–Kier alpha value is -1.66. The van der Waals surface area contributed by atoms with E-state index in [9.17, 15) is 19.8 Å². The molecule has 62 heavy (non-hydrogen) atoms. The second-order valence-electron chi connectivity index (χ2n) is 18.9. The van der Waals surface area contributed by atoms with E-state index >= 15 is 0 Å². The highest BCUT2D eigenvalue weighted by molar-refractivity contribution is 5.76. The van der Waals surface area contributed by atoms with Gasteiger partial charge >= 0.3 is 5.97 Å². The minimum Gasteiger partial charge on any atom is -0.466 e. The minimum absolute atomic E-state index is 0.0234. The molecule has 0 bridgehead atoms. The molecule has 366 valence electrons. The Kier molecular flexibility index (Phi) is 50.6. The smallest absolute Gasteiger partial charge is 0.305 e. The average Bonchev–Trinajstić information content (AvgIpc) is 3.27. The zero-order valence-electron chi connectivity index (χ0n) is 41.6. The molecule has 2 atom stereocenters. The minimum atomic E-state index is -0.860. The molecule has 6 heteroatoms. The Bertz CT molecular complexity index is 966. The molecule has 0 aromatic heterocycles. The van der Waals surface area contributed by atoms with Gasteiger partial charge in [0.15, 0.2) is 0 Å². The molecule has 0 aliphatic carbocycles. The van der Waals surface area contributed by atoms with Crippen molar-refractivity contribution in [2.24, 2.45) is 0 Å². The van der Waals surface area contributed by atoms with Crippen LogP contribution in [-0.4, -0.2) is 47.4 Å². The van der Waals surface area contributed by atoms with Crippen molar-refractivity contribution < 1.29 is 24.5 Å². The van der Waals surface area contributed by atoms with E-state index in [1.54, 1.807) is 6.08 Å². The molecule has 0 saturated heterocycles. The summed E-state index contributed by atoms with van der Waals surface area (Å²) in [4.78, 5) is 24.5. The Morgan fingerprint density at radius 1 is 0.435 bits per heavy atom. The van der Waals surface area contributed by atoms with Crippen molar-refractivity contribution >= 4 is 11.9 Å². The number of hydrogen-bond acceptors (Lipinski definition) is 5. The largest absolute Gasteiger partial charge is 0.466 e. The van der Waals surface area contributed by atoms with E-state index in [-0.39, 0.29) is 18.5 Å². The van der Waals surface area contributed by atoms with Gasteiger partial charge in [-0.15, -0.1) is 0 Å². The molecule has 0 fully saturated rings. The zero-order valence-corrected chi connectivity index (χ0v) is 41.6. The number of aliphatic hydroxyl groups excluding tert-OH is 2. The number of hydrogen-bond donors (Lipinski definition) is 3. The van der Waals surface area contributed by atoms with Gasteiger partial charge in [-0.25, -0.2) is 0 Å². The second kappa shape index (κ2) is 52.0. The molecular weight excluding hydrogens is 767 g/mol. The van der Waals surface area contributed by atoms with Crippen LogP contribution in [0.15, 0.2) is 24.3 Å². The first-order valence-corrected chi connectivity index (χ1v) is 27.6. The lowest BCUT2D eigenvalue weighted by Crippen LogP contribution is -2.45. The number of carbonyl (C=O) groups is 2. The third-order valence-electron chi connectivity index (χ3n) is 12.7. The molecule has 6 nitrogen and oxygen atoms in total. The van der Waals surface area contributed by atoms with Gasteiger partial charge in [-0.2, -0.15) is 0 Å². The van der Waals surface area contributed by atoms with E-state index in [1.807, 2.05) is 6.08 Å². The van der Waals surface area contributed by atoms with E-state index < -0.39 is 12.1 Å². The van der Waals surface area contributed by atoms with Gasteiger partial charge in [0.05, 0.1) is 25.4 Å². The predicted octanol–water partition coefficient (Wildman–Crippen LogP) is 16.7. The Morgan fingerprint density at radius 3 is 1.15 bits per heavy atom. The first kappa shape index (κ1) is 60.3. The quantitative estimate of drug-likeness (QED) is 0.0321. The van der Waals surface area contributed by atoms with Crippen molar-refractivity contribution in [3.63, 3.8) is 0 Å². The molecular formula is C56H107NO5. The van der Waals surface area contributed by atoms with Crippen LogP contribution >= 0.6 is 0 Å². The van der Waals surface area contributed by atoms with Gasteiger partial charge in [-0.3, -0.25) is 9.59 Å². The summed E-state index contributed by atoms with van der Waals surface area (Å²) in [5.74, 6) is -0.115. The van der Waals surface area contributed by atoms with E-state index in [2.05, 4.69) is 31.3 Å². The molecule has 0 rings (SSSR count). The van der Waals surface area contributed by atoms with Gasteiger partial charge in [-0.1, -0.05) is 244 Å². The van der Waals surface area contributed by atoms with Gasteiger partial charge in [0.2, 0.25) is 5.91 Å². The lowest BCUT2D eigenvalue weighted by atomic mass is 10.0. The van der Waals surface area contributed by atoms with Gasteiger partial charge in [0.1, 0.15) is 0 Å². The standard InChI is InChI=1S/C56H107NO5/c1-3-5-7-9-11-13-15-17-18-19-20-21-22-23-24-25-28-32-36-40-44-48-54(59)53(52-58)57-55(60)49-45-41-37-33-29-26-27-31-35-39-43-47-51-62-56(61)50-46-42-38-34-30-16-14-12-10-8-6-4-2/h27,31,44,48,53-54,58-59H,3-26,28-30,32-43,45-47,49-52H2,1-2H3,(H,57,60)/b31-27-,48-44+. The number of ether oxygens (including phenoxy) is 1. The molecule has 0 spiro atoms. The average molecular weight is 874 g/mol. The summed E-state index contributed by atoms with van der Waals surface area (Å²) in [6, 6.07) is -0.646. The summed E-state index contributed by atoms with van der Waals surface area (Å²) in [7, 11) is 0. The van der Waals surface area contributed by atoms with Crippen molar-refractivity contribution in [3.05, 3.63) is 24.3 Å². The monoisotopic (exact) mass is 874 g/mol. The van der Waals surface area contributed by atoms with Crippen LogP contribution in [0.2, 0.25) is 0 Å². The van der Waals surface area contributed by atoms with Crippen molar-refractivity contribution in [2.75, 3.05) is 13.2 Å². The molecule has 1 amide bonds. The summed E-state index contributed by atoms with van der Waals surface area (Å²) in [6.45, 7) is 4.85. The third-order valence-corrected chi connectivity index (χ3v) is 12.7. The Morgan fingerprint density at radius 2 is 0.758 bits per heavy atom. The van der Waals surface area contributed by atoms with Crippen LogP contribution < -0.4 is 5.32 Å². The molecule has 0 saturated carbocycles. The number of nitrogens with one attached hydrogen (secondary N) is 1. The van der Waals surface area contributed by atoms with Gasteiger partial charge in [0, 0.05) is 12.8 Å². The van der Waals surface area contributed by atoms with Crippen LogP contribution in [-0.2, 0) is 14.3 Å². The van der Waals surface area contributed by atoms with Crippen LogP contribution in [0.1, 0.15) is 296 Å². The number of unbranched alkanes of at least 4 members (excludes halogenated alkanes) is 38. The SMILES string of the molecule is CCCCCCCCCCCCCCCCCCCCC/C=C/C(O)C(CO)NC(=O)CCCCCCC/C=C\CCCCCOC(=O)CCCCCCCCCCCCCC. The van der Waals surface area contributed by atoms with Crippen molar-refractivity contribution in [3.8, 4) is 0 Å². The number of allylic oxidation sites excluding steroid dienone is 3. The lowest BCUT2D eigenvalue weighted by Gasteiger charge is -2.20. The van der Waals surface area contributed by atoms with Crippen molar-refractivity contribution in [1.82, 2.24) is 5.32 Å². The number of aliphatic hydroxyl groups is 2. The summed E-state index contributed by atoms with van der Waals surface area (Å²) >= 11 is 0. The van der Waals surface area contributed by atoms with Crippen LogP contribution in [0.4, 0.5) is 0 Å². The number of amides is 1. The molecule has 0 aliphatic heterocycles. The Balaban J connectivity index is 3.54. The first-order chi connectivity index (χ1) is 30.5. The van der Waals surface area contributed by atoms with E-state index in [0.717, 1.165) is 77.0 Å². The maximum absolute atomic E-state index is 12.5. The molecule has 0 aromatic rings. The summed E-state index contributed by atoms with van der Waals surface area (Å²) < 4.78 is 5.44. The maximum Gasteiger partial charge on any atom is 0.305 e. The van der Waals surface area contributed by atoms with Crippen molar-refractivity contribution in [2.45, 2.75) is 309 Å². The number of rotatable bonds is 51. The molecule has 2 unspecified atom stereocenters. The van der Waals surface area contributed by atoms with Crippen LogP contribution in [0.25, 0.3) is 0 Å². The first-order valence-electron chi connectivity index (χ1n) is 27.6. The fourth-order valence-corrected chi connectivity index (χ4v) is 8.45. The fraction of sp³-hybridized carbons (Fsp3) is 0.893. The summed E-state index contributed by atoms with van der Waals surface area (Å²) in [5.41, 5.74) is 0. The second-order valence-corrected chi connectivity index (χ2v) is 18.9. The molecule has 0 aliphatic rings. The highest BCUT2D eigenvalue weighted by atomic mass is 16.5. The van der Waals surface area contributed by atoms with Gasteiger partial charge < -0.3 is 20.3 Å². The summed E-state index contributed by atoms with van der Waals surface area (Å²) in [6.07, 6.45) is 61.9. The fourth-order valence-electron chi connectivity index (χ4n) is 8.45. The highest BCUT2D eigenvalue weighted by Crippen LogP contribution is 2.16. The van der Waals surface area contributed by atoms with Crippen LogP contribution in [0, 0.1) is 0 Å². The topological polar surface area (TPSA) is 95.9 Å². The zero-order chi connectivity index (χ0) is 45.1. The highest BCUT2D eigenvalue weighted by Gasteiger charge is 2.18. The van der Waals surface area contributed by atoms with E-state index in [0.29, 0.717) is 19.4 Å². The third kappa shape index (κ3) is 47.8. The summed E-state index contributed by atoms with van der Waals surface area (Å²) in [5, 5.41) is 23.1. The van der Waals surface area contributed by atoms with E-state index in [4.69, 9.17) is 4.74 Å². The molecule has 0 aromatic carbocycles. The van der Waals surface area contributed by atoms with Gasteiger partial charge in [-0.05, 0) is 64.2 Å². The van der Waals surface area contributed by atoms with Crippen LogP contribution in [0.3, 0.4) is 0 Å². The molecule has 3 N–H and O–H groups in total. The predicted molar refractivity (Wildman–Crippen MR) is 269 cm³/mol. The number of carbonyl (C=O) groups excluding carboxylic acids is 2. The maximum atomic E-state index is 12.5. The number of esters is 1. The Labute approximate surface area is 386 Å². The molecule has 0 radical (unpaired) electrons. The normalized spacial score (nSPS) is 12.8. The van der Waals surface area contributed by atoms with Gasteiger partial charge in [0.25, 0.3) is 0 Å². The van der Waals surface area contributed by atoms with Crippen LogP contribution in [0.5, 0.6) is 0 Å². The lowest BCUT2D eigenvalue weighted by molar-refractivity contribution is -0.143. The molecule has 0 heterocycles. The van der Waals surface area contributed by atoms with Crippen molar-refractivity contribution in [1.29, 1.82) is 0 Å². The van der Waals surface area contributed by atoms with E-state index in [1.165, 1.54) is 193 Å².